The maximum absolute atomic E-state index is 13.1. The predicted octanol–water partition coefficient (Wildman–Crippen LogP) is 16.5. The Morgan fingerprint density at radius 3 is 1.06 bits per heavy atom. The lowest BCUT2D eigenvalue weighted by Crippen LogP contribution is -2.23. The highest BCUT2D eigenvalue weighted by Gasteiger charge is 2.24. The summed E-state index contributed by atoms with van der Waals surface area (Å²) >= 11 is 0. The summed E-state index contributed by atoms with van der Waals surface area (Å²) in [5.74, 6) is -0.774. The number of carbonyl (C=O) groups excluding carboxylic acids is 2. The summed E-state index contributed by atoms with van der Waals surface area (Å²) < 4.78 is 11.3. The zero-order valence-electron chi connectivity index (χ0n) is 36.4. The van der Waals surface area contributed by atoms with Crippen molar-refractivity contribution in [3.63, 3.8) is 0 Å². The van der Waals surface area contributed by atoms with Gasteiger partial charge in [0.1, 0.15) is 0 Å². The van der Waals surface area contributed by atoms with Crippen LogP contribution in [0.3, 0.4) is 0 Å². The Morgan fingerprint density at radius 2 is 0.679 bits per heavy atom. The second-order valence-electron chi connectivity index (χ2n) is 16.4. The van der Waals surface area contributed by atoms with Gasteiger partial charge in [-0.05, 0) is 44.9 Å². The Labute approximate surface area is 332 Å². The lowest BCUT2D eigenvalue weighted by atomic mass is 9.97. The van der Waals surface area contributed by atoms with Crippen molar-refractivity contribution in [2.45, 2.75) is 271 Å². The molecule has 1 atom stereocenters. The van der Waals surface area contributed by atoms with Gasteiger partial charge >= 0.3 is 11.9 Å². The van der Waals surface area contributed by atoms with Gasteiger partial charge in [0.25, 0.3) is 0 Å². The van der Waals surface area contributed by atoms with Crippen LogP contribution < -0.4 is 0 Å². The summed E-state index contributed by atoms with van der Waals surface area (Å²) in [6.07, 6.45) is 53.0. The summed E-state index contributed by atoms with van der Waals surface area (Å²) in [7, 11) is 0. The van der Waals surface area contributed by atoms with Crippen LogP contribution in [0.1, 0.15) is 271 Å². The van der Waals surface area contributed by atoms with Crippen LogP contribution in [-0.2, 0) is 19.1 Å². The molecule has 0 aliphatic carbocycles. The van der Waals surface area contributed by atoms with E-state index in [0.717, 1.165) is 44.9 Å². The van der Waals surface area contributed by atoms with E-state index in [-0.39, 0.29) is 24.3 Å². The van der Waals surface area contributed by atoms with Crippen LogP contribution in [0.5, 0.6) is 0 Å². The Hall–Kier alpha value is -1.32. The fraction of sp³-hybridized carbons (Fsp3) is 0.918. The highest BCUT2D eigenvalue weighted by molar-refractivity contribution is 5.79. The van der Waals surface area contributed by atoms with Crippen molar-refractivity contribution in [2.75, 3.05) is 13.2 Å². The molecule has 0 aromatic rings. The molecule has 4 nitrogen and oxygen atoms in total. The highest BCUT2D eigenvalue weighted by atomic mass is 16.5. The number of carbonyl (C=O) groups is 2. The van der Waals surface area contributed by atoms with Gasteiger partial charge in [-0.3, -0.25) is 9.59 Å². The number of allylic oxidation sites excluding steroid dienone is 2. The molecule has 0 aliphatic heterocycles. The molecule has 0 bridgehead atoms. The summed E-state index contributed by atoms with van der Waals surface area (Å²) in [6, 6.07) is 0. The normalized spacial score (nSPS) is 12.1. The lowest BCUT2D eigenvalue weighted by molar-refractivity contribution is -0.155. The maximum Gasteiger partial charge on any atom is 0.309 e. The van der Waals surface area contributed by atoms with Gasteiger partial charge in [0.15, 0.2) is 0 Å². The first-order chi connectivity index (χ1) is 26.2. The Kier molecular flexibility index (Phi) is 43.9. The van der Waals surface area contributed by atoms with Gasteiger partial charge < -0.3 is 9.47 Å². The average Bonchev–Trinajstić information content (AvgIpc) is 3.16. The first-order valence-electron chi connectivity index (χ1n) is 24.1. The average molecular weight is 747 g/mol. The number of esters is 2. The summed E-state index contributed by atoms with van der Waals surface area (Å²) in [4.78, 5) is 25.8. The molecule has 0 rings (SSSR count). The molecule has 314 valence electrons. The van der Waals surface area contributed by atoms with E-state index in [1.807, 2.05) is 0 Å². The van der Waals surface area contributed by atoms with Crippen molar-refractivity contribution < 1.29 is 19.1 Å². The third-order valence-corrected chi connectivity index (χ3v) is 11.1. The Morgan fingerprint density at radius 1 is 0.377 bits per heavy atom. The number of unbranched alkanes of at least 4 members (excludes halogenated alkanes) is 33. The second-order valence-corrected chi connectivity index (χ2v) is 16.4. The fourth-order valence-corrected chi connectivity index (χ4v) is 7.39. The third-order valence-electron chi connectivity index (χ3n) is 11.1. The van der Waals surface area contributed by atoms with Gasteiger partial charge in [-0.2, -0.15) is 0 Å². The molecule has 0 spiro atoms. The molecule has 0 aliphatic rings. The van der Waals surface area contributed by atoms with Crippen molar-refractivity contribution in [1.29, 1.82) is 0 Å². The van der Waals surface area contributed by atoms with Gasteiger partial charge in [0, 0.05) is 0 Å². The van der Waals surface area contributed by atoms with Crippen molar-refractivity contribution in [1.82, 2.24) is 0 Å². The standard InChI is InChI=1S/C49H94O4/c1-4-7-10-13-16-19-22-23-24-25-26-27-28-29-30-31-34-37-40-43-47(49(51)53-45-42-39-36-33-21-18-15-12-9-6-3)46-48(50)52-44-41-38-35-32-20-17-14-11-8-5-2/h22-23,47H,4-21,24-46H2,1-3H3/b23-22+. The number of hydrogen-bond acceptors (Lipinski definition) is 4. The minimum atomic E-state index is -0.362. The van der Waals surface area contributed by atoms with Crippen LogP contribution in [0.15, 0.2) is 12.2 Å². The van der Waals surface area contributed by atoms with Crippen LogP contribution in [0, 0.1) is 5.92 Å². The van der Waals surface area contributed by atoms with E-state index in [1.54, 1.807) is 0 Å². The van der Waals surface area contributed by atoms with Crippen molar-refractivity contribution in [3.8, 4) is 0 Å². The van der Waals surface area contributed by atoms with Gasteiger partial charge in [0.05, 0.1) is 25.6 Å². The van der Waals surface area contributed by atoms with E-state index in [9.17, 15) is 9.59 Å². The zero-order chi connectivity index (χ0) is 38.6. The Balaban J connectivity index is 4.17. The SMILES string of the molecule is CCCCCCC/C=C/CCCCCCCCCCCCC(CC(=O)OCCCCCCCCCCCC)C(=O)OCCCCCCCCCCCC. The molecule has 0 aromatic heterocycles. The van der Waals surface area contributed by atoms with E-state index in [0.29, 0.717) is 13.2 Å². The molecule has 0 heterocycles. The molecule has 53 heavy (non-hydrogen) atoms. The molecular formula is C49H94O4. The fourth-order valence-electron chi connectivity index (χ4n) is 7.39. The number of ether oxygens (including phenoxy) is 2. The molecule has 0 saturated heterocycles. The van der Waals surface area contributed by atoms with Crippen LogP contribution in [-0.4, -0.2) is 25.2 Å². The first kappa shape index (κ1) is 51.7. The largest absolute Gasteiger partial charge is 0.466 e. The molecule has 4 heteroatoms. The molecule has 0 radical (unpaired) electrons. The quantitative estimate of drug-likeness (QED) is 0.0354. The monoisotopic (exact) mass is 747 g/mol. The molecule has 0 amide bonds. The summed E-state index contributed by atoms with van der Waals surface area (Å²) in [5.41, 5.74) is 0. The van der Waals surface area contributed by atoms with Crippen LogP contribution >= 0.6 is 0 Å². The molecule has 0 N–H and O–H groups in total. The van der Waals surface area contributed by atoms with E-state index in [4.69, 9.17) is 9.47 Å². The molecule has 0 aromatic carbocycles. The molecule has 1 unspecified atom stereocenters. The van der Waals surface area contributed by atoms with Crippen LogP contribution in [0.2, 0.25) is 0 Å². The second kappa shape index (κ2) is 45.1. The van der Waals surface area contributed by atoms with Crippen molar-refractivity contribution in [2.24, 2.45) is 5.92 Å². The molecular weight excluding hydrogens is 653 g/mol. The summed E-state index contributed by atoms with van der Waals surface area (Å²) in [5, 5.41) is 0. The summed E-state index contributed by atoms with van der Waals surface area (Å²) in [6.45, 7) is 7.77. The topological polar surface area (TPSA) is 52.6 Å². The minimum Gasteiger partial charge on any atom is -0.466 e. The zero-order valence-corrected chi connectivity index (χ0v) is 36.4. The van der Waals surface area contributed by atoms with E-state index >= 15 is 0 Å². The smallest absolute Gasteiger partial charge is 0.309 e. The Bertz CT molecular complexity index is 762. The van der Waals surface area contributed by atoms with Crippen LogP contribution in [0.4, 0.5) is 0 Å². The maximum atomic E-state index is 13.1. The van der Waals surface area contributed by atoms with E-state index in [2.05, 4.69) is 32.9 Å². The minimum absolute atomic E-state index is 0.170. The van der Waals surface area contributed by atoms with Gasteiger partial charge in [-0.15, -0.1) is 0 Å². The van der Waals surface area contributed by atoms with Crippen molar-refractivity contribution >= 4 is 11.9 Å². The van der Waals surface area contributed by atoms with Gasteiger partial charge in [-0.25, -0.2) is 0 Å². The van der Waals surface area contributed by atoms with Gasteiger partial charge in [-0.1, -0.05) is 232 Å². The lowest BCUT2D eigenvalue weighted by Gasteiger charge is -2.16. The van der Waals surface area contributed by atoms with Crippen molar-refractivity contribution in [3.05, 3.63) is 12.2 Å². The third kappa shape index (κ3) is 41.7. The number of rotatable bonds is 44. The molecule has 0 fully saturated rings. The molecule has 0 saturated carbocycles. The highest BCUT2D eigenvalue weighted by Crippen LogP contribution is 2.20. The van der Waals surface area contributed by atoms with E-state index in [1.165, 1.54) is 199 Å². The first-order valence-corrected chi connectivity index (χ1v) is 24.1. The van der Waals surface area contributed by atoms with E-state index < -0.39 is 0 Å². The predicted molar refractivity (Wildman–Crippen MR) is 232 cm³/mol. The van der Waals surface area contributed by atoms with Crippen LogP contribution in [0.25, 0.3) is 0 Å². The number of hydrogen-bond donors (Lipinski definition) is 0. The van der Waals surface area contributed by atoms with Gasteiger partial charge in [0.2, 0.25) is 0 Å².